The number of aldehydes is 1. The van der Waals surface area contributed by atoms with Gasteiger partial charge in [-0.25, -0.2) is 0 Å². The summed E-state index contributed by atoms with van der Waals surface area (Å²) >= 11 is 6.14. The summed E-state index contributed by atoms with van der Waals surface area (Å²) in [5.41, 5.74) is 0.142. The Morgan fingerprint density at radius 2 is 1.94 bits per heavy atom. The van der Waals surface area contributed by atoms with E-state index < -0.39 is 5.41 Å². The lowest BCUT2D eigenvalue weighted by molar-refractivity contribution is -0.111. The average Bonchev–Trinajstić information content (AvgIpc) is 2.72. The van der Waals surface area contributed by atoms with E-state index in [0.717, 1.165) is 11.8 Å². The van der Waals surface area contributed by atoms with E-state index in [1.807, 2.05) is 25.2 Å². The average molecular weight is 264 g/mol. The molecule has 0 aliphatic rings. The first-order valence-electron chi connectivity index (χ1n) is 5.58. The third-order valence-electron chi connectivity index (χ3n) is 2.86. The van der Waals surface area contributed by atoms with Gasteiger partial charge in [0, 0.05) is 12.6 Å². The molecule has 2 rings (SSSR count). The van der Waals surface area contributed by atoms with Crippen LogP contribution in [0.3, 0.4) is 0 Å². The van der Waals surface area contributed by atoms with Gasteiger partial charge in [-0.1, -0.05) is 23.7 Å². The van der Waals surface area contributed by atoms with E-state index in [1.165, 1.54) is 0 Å². The quantitative estimate of drug-likeness (QED) is 0.800. The van der Waals surface area contributed by atoms with Gasteiger partial charge in [0.2, 0.25) is 0 Å². The molecular formula is C13H14ClN3O. The zero-order valence-corrected chi connectivity index (χ0v) is 11.3. The molecule has 0 amide bonds. The molecule has 0 saturated carbocycles. The molecule has 5 heteroatoms. The second-order valence-electron chi connectivity index (χ2n) is 4.73. The Hall–Kier alpha value is -1.68. The van der Waals surface area contributed by atoms with E-state index in [4.69, 9.17) is 11.6 Å². The number of carbonyl (C=O) groups is 1. The van der Waals surface area contributed by atoms with E-state index in [2.05, 4.69) is 10.2 Å². The minimum absolute atomic E-state index is 0.614. The van der Waals surface area contributed by atoms with Crippen LogP contribution in [0.25, 0.3) is 11.4 Å². The van der Waals surface area contributed by atoms with E-state index in [1.54, 1.807) is 24.5 Å². The maximum atomic E-state index is 11.1. The van der Waals surface area contributed by atoms with Gasteiger partial charge in [0.25, 0.3) is 0 Å². The van der Waals surface area contributed by atoms with Gasteiger partial charge < -0.3 is 9.36 Å². The minimum Gasteiger partial charge on any atom is -0.313 e. The lowest BCUT2D eigenvalue weighted by Crippen LogP contribution is -2.23. The Morgan fingerprint density at radius 1 is 1.28 bits per heavy atom. The van der Waals surface area contributed by atoms with Crippen molar-refractivity contribution >= 4 is 17.9 Å². The molecule has 4 nitrogen and oxygen atoms in total. The number of nitrogens with zero attached hydrogens (tertiary/aromatic N) is 3. The first-order chi connectivity index (χ1) is 8.47. The topological polar surface area (TPSA) is 47.8 Å². The summed E-state index contributed by atoms with van der Waals surface area (Å²) < 4.78 is 1.80. The molecule has 0 saturated heterocycles. The lowest BCUT2D eigenvalue weighted by Gasteiger charge is -2.15. The molecule has 0 N–H and O–H groups in total. The van der Waals surface area contributed by atoms with Crippen LogP contribution >= 0.6 is 11.6 Å². The van der Waals surface area contributed by atoms with Crippen molar-refractivity contribution in [1.29, 1.82) is 0 Å². The van der Waals surface area contributed by atoms with Gasteiger partial charge in [0.05, 0.1) is 10.4 Å². The molecule has 0 spiro atoms. The first kappa shape index (κ1) is 12.8. The molecule has 0 aliphatic carbocycles. The fourth-order valence-electron chi connectivity index (χ4n) is 1.82. The summed E-state index contributed by atoms with van der Waals surface area (Å²) in [5, 5.41) is 8.84. The summed E-state index contributed by atoms with van der Waals surface area (Å²) in [4.78, 5) is 11.1. The van der Waals surface area contributed by atoms with E-state index in [9.17, 15) is 4.79 Å². The Labute approximate surface area is 111 Å². The summed E-state index contributed by atoms with van der Waals surface area (Å²) in [7, 11) is 1.83. The standard InChI is InChI=1S/C13H14ClN3O/c1-13(2,8-18)12-16-15-11(17(12)3)9-6-4-5-7-10(9)14/h4-8H,1-3H3. The molecule has 18 heavy (non-hydrogen) atoms. The SMILES string of the molecule is Cn1c(-c2ccccc2Cl)nnc1C(C)(C)C=O. The van der Waals surface area contributed by atoms with Crippen LogP contribution < -0.4 is 0 Å². The van der Waals surface area contributed by atoms with Crippen LogP contribution in [0, 0.1) is 0 Å². The lowest BCUT2D eigenvalue weighted by atomic mass is 9.95. The predicted octanol–water partition coefficient (Wildman–Crippen LogP) is 2.61. The maximum Gasteiger partial charge on any atom is 0.165 e. The molecule has 1 aromatic heterocycles. The van der Waals surface area contributed by atoms with E-state index in [-0.39, 0.29) is 0 Å². The van der Waals surface area contributed by atoms with Crippen molar-refractivity contribution in [2.75, 3.05) is 0 Å². The van der Waals surface area contributed by atoms with Gasteiger partial charge in [-0.15, -0.1) is 10.2 Å². The van der Waals surface area contributed by atoms with Crippen molar-refractivity contribution in [3.05, 3.63) is 35.1 Å². The maximum absolute atomic E-state index is 11.1. The van der Waals surface area contributed by atoms with Gasteiger partial charge in [0.1, 0.15) is 12.1 Å². The third kappa shape index (κ3) is 2.04. The van der Waals surface area contributed by atoms with Crippen LogP contribution in [0.1, 0.15) is 19.7 Å². The van der Waals surface area contributed by atoms with Crippen LogP contribution in [0.2, 0.25) is 5.02 Å². The highest BCUT2D eigenvalue weighted by atomic mass is 35.5. The number of aromatic nitrogens is 3. The minimum atomic E-state index is -0.665. The molecule has 0 unspecified atom stereocenters. The van der Waals surface area contributed by atoms with Crippen LogP contribution in [-0.4, -0.2) is 21.1 Å². The van der Waals surface area contributed by atoms with Gasteiger partial charge in [-0.3, -0.25) is 0 Å². The molecule has 0 aliphatic heterocycles. The highest BCUT2D eigenvalue weighted by Crippen LogP contribution is 2.28. The predicted molar refractivity (Wildman–Crippen MR) is 70.5 cm³/mol. The highest BCUT2D eigenvalue weighted by Gasteiger charge is 2.27. The molecule has 0 bridgehead atoms. The largest absolute Gasteiger partial charge is 0.313 e. The Balaban J connectivity index is 2.57. The van der Waals surface area contributed by atoms with Crippen molar-refractivity contribution in [2.24, 2.45) is 7.05 Å². The molecule has 0 radical (unpaired) electrons. The molecule has 0 atom stereocenters. The zero-order chi connectivity index (χ0) is 13.3. The highest BCUT2D eigenvalue weighted by molar-refractivity contribution is 6.33. The van der Waals surface area contributed by atoms with E-state index >= 15 is 0 Å². The van der Waals surface area contributed by atoms with Crippen LogP contribution in [0.15, 0.2) is 24.3 Å². The zero-order valence-electron chi connectivity index (χ0n) is 10.5. The summed E-state index contributed by atoms with van der Waals surface area (Å²) in [5.74, 6) is 1.28. The Bertz CT molecular complexity index is 590. The van der Waals surface area contributed by atoms with Crippen LogP contribution in [-0.2, 0) is 17.3 Å². The second-order valence-corrected chi connectivity index (χ2v) is 5.13. The van der Waals surface area contributed by atoms with Crippen molar-refractivity contribution in [3.8, 4) is 11.4 Å². The van der Waals surface area contributed by atoms with Crippen molar-refractivity contribution in [1.82, 2.24) is 14.8 Å². The smallest absolute Gasteiger partial charge is 0.165 e. The number of halogens is 1. The van der Waals surface area contributed by atoms with Crippen molar-refractivity contribution in [3.63, 3.8) is 0 Å². The Morgan fingerprint density at radius 3 is 2.56 bits per heavy atom. The molecule has 0 fully saturated rings. The normalized spacial score (nSPS) is 11.6. The van der Waals surface area contributed by atoms with Gasteiger partial charge in [0.15, 0.2) is 5.82 Å². The molecular weight excluding hydrogens is 250 g/mol. The number of benzene rings is 1. The summed E-state index contributed by atoms with van der Waals surface area (Å²) in [6, 6.07) is 7.43. The summed E-state index contributed by atoms with van der Waals surface area (Å²) in [6.07, 6.45) is 0.868. The van der Waals surface area contributed by atoms with Gasteiger partial charge in [-0.2, -0.15) is 0 Å². The van der Waals surface area contributed by atoms with Gasteiger partial charge >= 0.3 is 0 Å². The van der Waals surface area contributed by atoms with Crippen LogP contribution in [0.4, 0.5) is 0 Å². The van der Waals surface area contributed by atoms with Crippen molar-refractivity contribution < 1.29 is 4.79 Å². The fourth-order valence-corrected chi connectivity index (χ4v) is 2.04. The third-order valence-corrected chi connectivity index (χ3v) is 3.19. The second kappa shape index (κ2) is 4.53. The van der Waals surface area contributed by atoms with Crippen molar-refractivity contribution in [2.45, 2.75) is 19.3 Å². The number of rotatable bonds is 3. The molecule has 2 aromatic rings. The van der Waals surface area contributed by atoms with E-state index in [0.29, 0.717) is 16.7 Å². The first-order valence-corrected chi connectivity index (χ1v) is 5.96. The summed E-state index contributed by atoms with van der Waals surface area (Å²) in [6.45, 7) is 3.61. The molecule has 1 heterocycles. The fraction of sp³-hybridized carbons (Fsp3) is 0.308. The number of carbonyl (C=O) groups excluding carboxylic acids is 1. The molecule has 94 valence electrons. The Kier molecular flexibility index (Phi) is 3.22. The van der Waals surface area contributed by atoms with Crippen LogP contribution in [0.5, 0.6) is 0 Å². The molecule has 1 aromatic carbocycles. The number of hydrogen-bond donors (Lipinski definition) is 0. The van der Waals surface area contributed by atoms with Gasteiger partial charge in [-0.05, 0) is 26.0 Å². The monoisotopic (exact) mass is 263 g/mol. The number of hydrogen-bond acceptors (Lipinski definition) is 3.